The van der Waals surface area contributed by atoms with Crippen LogP contribution in [0.2, 0.25) is 0 Å². The van der Waals surface area contributed by atoms with Crippen molar-refractivity contribution in [2.75, 3.05) is 11.9 Å². The van der Waals surface area contributed by atoms with Gasteiger partial charge in [0, 0.05) is 37.4 Å². The SMILES string of the molecule is O=C(Nc1ccc(C(=O)N2CCc3ccccc3C2)cc1)N1Cc2ccccc2C1. The third-order valence-corrected chi connectivity index (χ3v) is 5.93. The van der Waals surface area contributed by atoms with Crippen LogP contribution in [-0.4, -0.2) is 28.3 Å². The second kappa shape index (κ2) is 7.67. The number of nitrogens with zero attached hydrogens (tertiary/aromatic N) is 2. The Kier molecular flexibility index (Phi) is 4.71. The lowest BCUT2D eigenvalue weighted by atomic mass is 9.99. The Hall–Kier alpha value is -3.60. The first-order valence-corrected chi connectivity index (χ1v) is 10.3. The van der Waals surface area contributed by atoms with Gasteiger partial charge in [-0.05, 0) is 52.9 Å². The van der Waals surface area contributed by atoms with Gasteiger partial charge >= 0.3 is 6.03 Å². The first-order chi connectivity index (χ1) is 14.7. The lowest BCUT2D eigenvalue weighted by Crippen LogP contribution is -2.35. The molecule has 0 saturated carbocycles. The van der Waals surface area contributed by atoms with E-state index in [2.05, 4.69) is 29.6 Å². The van der Waals surface area contributed by atoms with E-state index < -0.39 is 0 Å². The van der Waals surface area contributed by atoms with Crippen LogP contribution in [0.15, 0.2) is 72.8 Å². The maximum Gasteiger partial charge on any atom is 0.322 e. The number of fused-ring (bicyclic) bond motifs is 2. The quantitative estimate of drug-likeness (QED) is 0.695. The normalized spacial score (nSPS) is 14.8. The molecule has 5 heteroatoms. The van der Waals surface area contributed by atoms with E-state index in [-0.39, 0.29) is 11.9 Å². The van der Waals surface area contributed by atoms with Crippen molar-refractivity contribution in [3.63, 3.8) is 0 Å². The van der Waals surface area contributed by atoms with Crippen LogP contribution in [-0.2, 0) is 26.1 Å². The van der Waals surface area contributed by atoms with E-state index in [1.165, 1.54) is 22.3 Å². The van der Waals surface area contributed by atoms with Gasteiger partial charge < -0.3 is 15.1 Å². The van der Waals surface area contributed by atoms with Crippen molar-refractivity contribution in [1.29, 1.82) is 0 Å². The second-order valence-corrected chi connectivity index (χ2v) is 7.88. The van der Waals surface area contributed by atoms with Gasteiger partial charge in [-0.25, -0.2) is 4.79 Å². The van der Waals surface area contributed by atoms with Gasteiger partial charge in [-0.15, -0.1) is 0 Å². The smallest absolute Gasteiger partial charge is 0.322 e. The molecule has 30 heavy (non-hydrogen) atoms. The third-order valence-electron chi connectivity index (χ3n) is 5.93. The summed E-state index contributed by atoms with van der Waals surface area (Å²) in [6.45, 7) is 2.61. The zero-order valence-electron chi connectivity index (χ0n) is 16.7. The molecule has 0 unspecified atom stereocenters. The van der Waals surface area contributed by atoms with E-state index in [1.54, 1.807) is 29.2 Å². The molecule has 0 bridgehead atoms. The molecule has 3 amide bonds. The van der Waals surface area contributed by atoms with Crippen molar-refractivity contribution < 1.29 is 9.59 Å². The summed E-state index contributed by atoms with van der Waals surface area (Å²) in [5, 5.41) is 2.94. The average Bonchev–Trinajstić information content (AvgIpc) is 3.23. The molecule has 5 rings (SSSR count). The minimum absolute atomic E-state index is 0.0253. The summed E-state index contributed by atoms with van der Waals surface area (Å²) in [6.07, 6.45) is 0.883. The summed E-state index contributed by atoms with van der Waals surface area (Å²) in [5.41, 5.74) is 6.25. The number of rotatable bonds is 2. The van der Waals surface area contributed by atoms with Crippen LogP contribution < -0.4 is 5.32 Å². The molecule has 5 nitrogen and oxygen atoms in total. The van der Waals surface area contributed by atoms with Gasteiger partial charge in [0.25, 0.3) is 5.91 Å². The minimum atomic E-state index is -0.127. The topological polar surface area (TPSA) is 52.7 Å². The number of carbonyl (C=O) groups is 2. The Bertz CT molecular complexity index is 1080. The fourth-order valence-corrected chi connectivity index (χ4v) is 4.23. The van der Waals surface area contributed by atoms with Gasteiger partial charge in [-0.3, -0.25) is 4.79 Å². The number of anilines is 1. The highest BCUT2D eigenvalue weighted by atomic mass is 16.2. The number of benzene rings is 3. The number of hydrogen-bond acceptors (Lipinski definition) is 2. The van der Waals surface area contributed by atoms with E-state index in [1.807, 2.05) is 29.2 Å². The van der Waals surface area contributed by atoms with Crippen LogP contribution >= 0.6 is 0 Å². The van der Waals surface area contributed by atoms with Crippen LogP contribution in [0, 0.1) is 0 Å². The maximum absolute atomic E-state index is 12.9. The molecule has 0 radical (unpaired) electrons. The lowest BCUT2D eigenvalue weighted by molar-refractivity contribution is 0.0734. The molecule has 0 saturated heterocycles. The maximum atomic E-state index is 12.9. The van der Waals surface area contributed by atoms with Gasteiger partial charge in [0.15, 0.2) is 0 Å². The molecule has 0 aliphatic carbocycles. The van der Waals surface area contributed by atoms with Crippen LogP contribution in [0.25, 0.3) is 0 Å². The predicted molar refractivity (Wildman–Crippen MR) is 116 cm³/mol. The molecule has 1 N–H and O–H groups in total. The minimum Gasteiger partial charge on any atom is -0.334 e. The predicted octanol–water partition coefficient (Wildman–Crippen LogP) is 4.43. The van der Waals surface area contributed by atoms with Gasteiger partial charge in [-0.1, -0.05) is 48.5 Å². The molecular weight excluding hydrogens is 374 g/mol. The molecule has 0 spiro atoms. The number of amides is 3. The molecular formula is C25H23N3O2. The highest BCUT2D eigenvalue weighted by molar-refractivity contribution is 5.95. The Morgan fingerprint density at radius 2 is 1.20 bits per heavy atom. The molecule has 2 aliphatic heterocycles. The molecule has 150 valence electrons. The van der Waals surface area contributed by atoms with Crippen molar-refractivity contribution >= 4 is 17.6 Å². The zero-order valence-corrected chi connectivity index (χ0v) is 16.7. The van der Waals surface area contributed by atoms with E-state index >= 15 is 0 Å². The molecule has 2 heterocycles. The third kappa shape index (κ3) is 3.54. The fraction of sp³-hybridized carbons (Fsp3) is 0.200. The molecule has 3 aromatic rings. The Morgan fingerprint density at radius 1 is 0.667 bits per heavy atom. The van der Waals surface area contributed by atoms with Crippen molar-refractivity contribution in [2.24, 2.45) is 0 Å². The molecule has 0 atom stereocenters. The van der Waals surface area contributed by atoms with E-state index in [0.717, 1.165) is 13.0 Å². The Labute approximate surface area is 175 Å². The van der Waals surface area contributed by atoms with Crippen molar-refractivity contribution in [3.05, 3.63) is 101 Å². The summed E-state index contributed by atoms with van der Waals surface area (Å²) in [7, 11) is 0. The Morgan fingerprint density at radius 3 is 1.83 bits per heavy atom. The number of carbonyl (C=O) groups excluding carboxylic acids is 2. The summed E-state index contributed by atoms with van der Waals surface area (Å²) < 4.78 is 0. The molecule has 2 aliphatic rings. The summed E-state index contributed by atoms with van der Waals surface area (Å²) in [4.78, 5) is 29.2. The monoisotopic (exact) mass is 397 g/mol. The van der Waals surface area contributed by atoms with Gasteiger partial charge in [0.2, 0.25) is 0 Å². The summed E-state index contributed by atoms with van der Waals surface area (Å²) in [5.74, 6) is 0.0253. The first kappa shape index (κ1) is 18.4. The second-order valence-electron chi connectivity index (χ2n) is 7.88. The van der Waals surface area contributed by atoms with E-state index in [4.69, 9.17) is 0 Å². The van der Waals surface area contributed by atoms with Gasteiger partial charge in [0.05, 0.1) is 0 Å². The zero-order chi connectivity index (χ0) is 20.5. The largest absolute Gasteiger partial charge is 0.334 e. The standard InChI is InChI=1S/C25H23N3O2/c29-24(27-14-13-18-5-1-2-6-20(18)15-27)19-9-11-23(12-10-19)26-25(30)28-16-21-7-3-4-8-22(21)17-28/h1-12H,13-17H2,(H,26,30). The highest BCUT2D eigenvalue weighted by Crippen LogP contribution is 2.24. The molecule has 3 aromatic carbocycles. The molecule has 0 fully saturated rings. The van der Waals surface area contributed by atoms with Crippen molar-refractivity contribution in [1.82, 2.24) is 9.80 Å². The van der Waals surface area contributed by atoms with Gasteiger partial charge in [-0.2, -0.15) is 0 Å². The number of nitrogens with one attached hydrogen (secondary N) is 1. The van der Waals surface area contributed by atoms with Crippen LogP contribution in [0.3, 0.4) is 0 Å². The van der Waals surface area contributed by atoms with Gasteiger partial charge in [0.1, 0.15) is 0 Å². The van der Waals surface area contributed by atoms with E-state index in [0.29, 0.717) is 30.9 Å². The Balaban J connectivity index is 1.22. The molecule has 0 aromatic heterocycles. The first-order valence-electron chi connectivity index (χ1n) is 10.3. The lowest BCUT2D eigenvalue weighted by Gasteiger charge is -2.29. The average molecular weight is 397 g/mol. The van der Waals surface area contributed by atoms with Crippen LogP contribution in [0.1, 0.15) is 32.6 Å². The van der Waals surface area contributed by atoms with Crippen molar-refractivity contribution in [3.8, 4) is 0 Å². The number of hydrogen-bond donors (Lipinski definition) is 1. The van der Waals surface area contributed by atoms with Crippen LogP contribution in [0.5, 0.6) is 0 Å². The van der Waals surface area contributed by atoms with Crippen molar-refractivity contribution in [2.45, 2.75) is 26.1 Å². The fourth-order valence-electron chi connectivity index (χ4n) is 4.23. The summed E-state index contributed by atoms with van der Waals surface area (Å²) >= 11 is 0. The highest BCUT2D eigenvalue weighted by Gasteiger charge is 2.24. The van der Waals surface area contributed by atoms with Crippen LogP contribution in [0.4, 0.5) is 10.5 Å². The number of urea groups is 1. The summed E-state index contributed by atoms with van der Waals surface area (Å²) in [6, 6.07) is 23.4. The van der Waals surface area contributed by atoms with E-state index in [9.17, 15) is 9.59 Å².